The van der Waals surface area contributed by atoms with E-state index in [1.165, 1.54) is 0 Å². The van der Waals surface area contributed by atoms with Crippen molar-refractivity contribution in [3.63, 3.8) is 0 Å². The van der Waals surface area contributed by atoms with Gasteiger partial charge in [-0.3, -0.25) is 14.6 Å². The van der Waals surface area contributed by atoms with Gasteiger partial charge in [-0.25, -0.2) is 0 Å². The molecule has 0 aliphatic carbocycles. The van der Waals surface area contributed by atoms with Crippen molar-refractivity contribution in [3.05, 3.63) is 35.5 Å². The van der Waals surface area contributed by atoms with Crippen LogP contribution in [0.3, 0.4) is 0 Å². The fourth-order valence-electron chi connectivity index (χ4n) is 2.96. The Hall–Kier alpha value is -2.34. The van der Waals surface area contributed by atoms with Crippen molar-refractivity contribution in [1.82, 2.24) is 10.3 Å². The molecule has 2 amide bonds. The fourth-order valence-corrected chi connectivity index (χ4v) is 3.17. The second kappa shape index (κ2) is 10.9. The van der Waals surface area contributed by atoms with E-state index in [-0.39, 0.29) is 11.8 Å². The highest BCUT2D eigenvalue weighted by atomic mass is 35.5. The molecule has 1 aromatic heterocycles. The molecular formula is C21H28ClN3O3. The number of primary amides is 1. The third kappa shape index (κ3) is 6.68. The molecule has 0 saturated heterocycles. The Kier molecular flexibility index (Phi) is 8.51. The number of hydrogen-bond donors (Lipinski definition) is 2. The minimum atomic E-state index is -0.596. The molecule has 0 spiro atoms. The van der Waals surface area contributed by atoms with Crippen LogP contribution in [0.1, 0.15) is 46.0 Å². The predicted molar refractivity (Wildman–Crippen MR) is 111 cm³/mol. The van der Waals surface area contributed by atoms with Gasteiger partial charge in [0.2, 0.25) is 11.8 Å². The van der Waals surface area contributed by atoms with Crippen LogP contribution in [-0.2, 0) is 9.59 Å². The number of rotatable bonds is 11. The molecule has 0 aliphatic rings. The summed E-state index contributed by atoms with van der Waals surface area (Å²) in [6.45, 7) is 4.51. The lowest BCUT2D eigenvalue weighted by molar-refractivity contribution is -0.127. The second-order valence-electron chi connectivity index (χ2n) is 7.26. The molecule has 0 aliphatic heterocycles. The summed E-state index contributed by atoms with van der Waals surface area (Å²) in [4.78, 5) is 27.8. The van der Waals surface area contributed by atoms with Crippen LogP contribution in [0.2, 0.25) is 5.02 Å². The maximum Gasteiger partial charge on any atom is 0.240 e. The Morgan fingerprint density at radius 3 is 2.71 bits per heavy atom. The van der Waals surface area contributed by atoms with Crippen LogP contribution in [0.25, 0.3) is 10.9 Å². The first-order valence-corrected chi connectivity index (χ1v) is 10.0. The number of carbonyl (C=O) groups is 2. The van der Waals surface area contributed by atoms with E-state index in [4.69, 9.17) is 22.1 Å². The molecule has 0 radical (unpaired) electrons. The Labute approximate surface area is 170 Å². The lowest BCUT2D eigenvalue weighted by atomic mass is 10.0. The summed E-state index contributed by atoms with van der Waals surface area (Å²) in [5.41, 5.74) is 6.10. The van der Waals surface area contributed by atoms with Crippen LogP contribution < -0.4 is 15.8 Å². The number of amides is 2. The molecule has 1 atom stereocenters. The highest BCUT2D eigenvalue weighted by Gasteiger charge is 2.18. The number of benzene rings is 1. The van der Waals surface area contributed by atoms with Crippen LogP contribution in [0, 0.1) is 5.92 Å². The first-order chi connectivity index (χ1) is 13.4. The third-order valence-electron chi connectivity index (χ3n) is 4.37. The number of carbonyl (C=O) groups excluding carboxylic acids is 2. The largest absolute Gasteiger partial charge is 0.491 e. The molecule has 6 nitrogen and oxygen atoms in total. The summed E-state index contributed by atoms with van der Waals surface area (Å²) >= 11 is 6.18. The van der Waals surface area contributed by atoms with Gasteiger partial charge in [0.1, 0.15) is 17.3 Å². The summed E-state index contributed by atoms with van der Waals surface area (Å²) in [6, 6.07) is 6.78. The van der Waals surface area contributed by atoms with E-state index in [9.17, 15) is 9.59 Å². The molecule has 3 N–H and O–H groups in total. The van der Waals surface area contributed by atoms with Crippen molar-refractivity contribution >= 4 is 34.3 Å². The zero-order valence-electron chi connectivity index (χ0n) is 16.4. The van der Waals surface area contributed by atoms with Gasteiger partial charge in [-0.1, -0.05) is 25.4 Å². The van der Waals surface area contributed by atoms with Gasteiger partial charge in [0.05, 0.1) is 11.6 Å². The number of fused-ring (bicyclic) bond motifs is 1. The normalized spacial score (nSPS) is 12.1. The quantitative estimate of drug-likeness (QED) is 0.555. The van der Waals surface area contributed by atoms with Crippen LogP contribution in [0.4, 0.5) is 0 Å². The number of halogens is 1. The smallest absolute Gasteiger partial charge is 0.240 e. The lowest BCUT2D eigenvalue weighted by Gasteiger charge is -2.17. The zero-order chi connectivity index (χ0) is 20.5. The number of nitrogens with zero attached hydrogens (tertiary/aromatic N) is 1. The van der Waals surface area contributed by atoms with Crippen LogP contribution in [0.5, 0.6) is 5.75 Å². The summed E-state index contributed by atoms with van der Waals surface area (Å²) in [5.74, 6) is 0.363. The van der Waals surface area contributed by atoms with E-state index in [1.807, 2.05) is 32.0 Å². The molecule has 1 heterocycles. The SMILES string of the molecule is CC(C)CC(NC(=O)CCCCCOc1ccc(Cl)c2cccnc12)C(N)=O. The van der Waals surface area contributed by atoms with Crippen molar-refractivity contribution < 1.29 is 14.3 Å². The van der Waals surface area contributed by atoms with Gasteiger partial charge >= 0.3 is 0 Å². The molecule has 28 heavy (non-hydrogen) atoms. The molecule has 1 aromatic carbocycles. The van der Waals surface area contributed by atoms with E-state index < -0.39 is 11.9 Å². The zero-order valence-corrected chi connectivity index (χ0v) is 17.2. The number of pyridine rings is 1. The molecule has 2 rings (SSSR count). The van der Waals surface area contributed by atoms with Crippen molar-refractivity contribution in [2.75, 3.05) is 6.61 Å². The molecular weight excluding hydrogens is 378 g/mol. The van der Waals surface area contributed by atoms with Crippen LogP contribution >= 0.6 is 11.6 Å². The Balaban J connectivity index is 1.70. The van der Waals surface area contributed by atoms with Gasteiger partial charge < -0.3 is 15.8 Å². The Morgan fingerprint density at radius 2 is 2.00 bits per heavy atom. The highest BCUT2D eigenvalue weighted by Crippen LogP contribution is 2.29. The molecule has 1 unspecified atom stereocenters. The fraction of sp³-hybridized carbons (Fsp3) is 0.476. The third-order valence-corrected chi connectivity index (χ3v) is 4.70. The number of nitrogens with two attached hydrogens (primary N) is 1. The van der Waals surface area contributed by atoms with E-state index in [1.54, 1.807) is 12.3 Å². The van der Waals surface area contributed by atoms with Crippen molar-refractivity contribution in [2.45, 2.75) is 52.0 Å². The first-order valence-electron chi connectivity index (χ1n) is 9.63. The maximum absolute atomic E-state index is 12.0. The maximum atomic E-state index is 12.0. The molecule has 0 saturated carbocycles. The van der Waals surface area contributed by atoms with Crippen LogP contribution in [0.15, 0.2) is 30.5 Å². The number of nitrogens with one attached hydrogen (secondary N) is 1. The van der Waals surface area contributed by atoms with Gasteiger partial charge in [0.15, 0.2) is 0 Å². The second-order valence-corrected chi connectivity index (χ2v) is 7.66. The van der Waals surface area contributed by atoms with Gasteiger partial charge in [-0.15, -0.1) is 0 Å². The molecule has 2 aromatic rings. The minimum absolute atomic E-state index is 0.140. The lowest BCUT2D eigenvalue weighted by Crippen LogP contribution is -2.45. The topological polar surface area (TPSA) is 94.3 Å². The standard InChI is InChI=1S/C21H28ClN3O3/c1-14(2)13-17(21(23)27)25-19(26)8-4-3-5-12-28-18-10-9-16(22)15-7-6-11-24-20(15)18/h6-7,9-11,14,17H,3-5,8,12-13H2,1-2H3,(H2,23,27)(H,25,26). The monoisotopic (exact) mass is 405 g/mol. The molecule has 152 valence electrons. The summed E-state index contributed by atoms with van der Waals surface area (Å²) in [7, 11) is 0. The van der Waals surface area contributed by atoms with E-state index in [0.717, 1.165) is 30.2 Å². The molecule has 7 heteroatoms. The van der Waals surface area contributed by atoms with Gasteiger partial charge in [0.25, 0.3) is 0 Å². The van der Waals surface area contributed by atoms with Crippen molar-refractivity contribution in [1.29, 1.82) is 0 Å². The average Bonchev–Trinajstić information content (AvgIpc) is 2.65. The van der Waals surface area contributed by atoms with Crippen LogP contribution in [-0.4, -0.2) is 29.4 Å². The molecule has 0 bridgehead atoms. The summed E-state index contributed by atoms with van der Waals surface area (Å²) in [5, 5.41) is 4.24. The number of aromatic nitrogens is 1. The predicted octanol–water partition coefficient (Wildman–Crippen LogP) is 3.84. The molecule has 0 fully saturated rings. The van der Waals surface area contributed by atoms with E-state index >= 15 is 0 Å². The number of hydrogen-bond acceptors (Lipinski definition) is 4. The van der Waals surface area contributed by atoms with Gasteiger partial charge in [-0.05, 0) is 55.9 Å². The number of ether oxygens (including phenoxy) is 1. The summed E-state index contributed by atoms with van der Waals surface area (Å²) in [6.07, 6.45) is 5.02. The van der Waals surface area contributed by atoms with Crippen molar-refractivity contribution in [3.8, 4) is 5.75 Å². The van der Waals surface area contributed by atoms with E-state index in [0.29, 0.717) is 30.2 Å². The van der Waals surface area contributed by atoms with Gasteiger partial charge in [-0.2, -0.15) is 0 Å². The van der Waals surface area contributed by atoms with Gasteiger partial charge in [0, 0.05) is 18.0 Å². The number of unbranched alkanes of at least 4 members (excludes halogenated alkanes) is 2. The Morgan fingerprint density at radius 1 is 1.21 bits per heavy atom. The van der Waals surface area contributed by atoms with Crippen molar-refractivity contribution in [2.24, 2.45) is 11.7 Å². The first kappa shape index (κ1) is 22.0. The highest BCUT2D eigenvalue weighted by molar-refractivity contribution is 6.35. The van der Waals surface area contributed by atoms with E-state index in [2.05, 4.69) is 10.3 Å². The average molecular weight is 406 g/mol. The minimum Gasteiger partial charge on any atom is -0.491 e. The summed E-state index contributed by atoms with van der Waals surface area (Å²) < 4.78 is 5.84. The Bertz CT molecular complexity index is 811.